The van der Waals surface area contributed by atoms with Crippen LogP contribution in [0.15, 0.2) is 0 Å². The second-order valence-corrected chi connectivity index (χ2v) is 3.37. The zero-order valence-corrected chi connectivity index (χ0v) is 6.08. The number of piperidine rings is 3. The van der Waals surface area contributed by atoms with Crippen LogP contribution in [0.5, 0.6) is 0 Å². The highest BCUT2D eigenvalue weighted by Crippen LogP contribution is 2.31. The van der Waals surface area contributed by atoms with Crippen LogP contribution in [0.25, 0.3) is 0 Å². The Morgan fingerprint density at radius 1 is 1.30 bits per heavy atom. The number of hydrogen-bond acceptors (Lipinski definition) is 2. The number of rotatable bonds is 0. The van der Waals surface area contributed by atoms with Crippen molar-refractivity contribution in [2.45, 2.75) is 12.8 Å². The van der Waals surface area contributed by atoms with Crippen LogP contribution >= 0.6 is 0 Å². The molecule has 2 heteroatoms. The molecular weight excluding hydrogens is 124 g/mol. The quantitative estimate of drug-likeness (QED) is 0.493. The second kappa shape index (κ2) is 2.25. The highest BCUT2D eigenvalue weighted by molar-refractivity contribution is 4.97. The Kier molecular flexibility index (Phi) is 1.39. The first-order valence-electron chi connectivity index (χ1n) is 4.02. The predicted molar refractivity (Wildman–Crippen MR) is 38.3 cm³/mol. The minimum atomic E-state index is 0.350. The average molecular weight is 136 g/mol. The first-order chi connectivity index (χ1) is 4.90. The summed E-state index contributed by atoms with van der Waals surface area (Å²) in [6.45, 7) is 3.52. The molecule has 3 fully saturated rings. The number of nitriles is 1. The van der Waals surface area contributed by atoms with Crippen molar-refractivity contribution in [1.29, 1.82) is 5.26 Å². The lowest BCUT2D eigenvalue weighted by molar-refractivity contribution is 0.0769. The summed E-state index contributed by atoms with van der Waals surface area (Å²) < 4.78 is 0. The Morgan fingerprint density at radius 2 is 2.00 bits per heavy atom. The molecule has 3 heterocycles. The molecule has 0 aromatic carbocycles. The molecule has 0 aromatic heterocycles. The van der Waals surface area contributed by atoms with Gasteiger partial charge >= 0.3 is 0 Å². The van der Waals surface area contributed by atoms with Crippen molar-refractivity contribution in [2.24, 2.45) is 11.8 Å². The van der Waals surface area contributed by atoms with Gasteiger partial charge in [-0.1, -0.05) is 0 Å². The summed E-state index contributed by atoms with van der Waals surface area (Å²) >= 11 is 0. The molecule has 1 atom stereocenters. The molecule has 3 aliphatic heterocycles. The van der Waals surface area contributed by atoms with E-state index in [0.29, 0.717) is 5.92 Å². The zero-order chi connectivity index (χ0) is 6.97. The van der Waals surface area contributed by atoms with Crippen LogP contribution in [0, 0.1) is 23.2 Å². The SMILES string of the molecule is N#C[C@H]1CN2CCC1CC2. The van der Waals surface area contributed by atoms with E-state index in [0.717, 1.165) is 12.5 Å². The van der Waals surface area contributed by atoms with E-state index in [9.17, 15) is 0 Å². The van der Waals surface area contributed by atoms with Gasteiger partial charge < -0.3 is 4.90 Å². The number of hydrogen-bond donors (Lipinski definition) is 0. The normalized spacial score (nSPS) is 44.9. The van der Waals surface area contributed by atoms with Crippen molar-refractivity contribution in [2.75, 3.05) is 19.6 Å². The van der Waals surface area contributed by atoms with Crippen molar-refractivity contribution in [1.82, 2.24) is 4.90 Å². The fourth-order valence-corrected chi connectivity index (χ4v) is 2.11. The van der Waals surface area contributed by atoms with Crippen LogP contribution in [-0.2, 0) is 0 Å². The number of nitrogens with zero attached hydrogens (tertiary/aromatic N) is 2. The van der Waals surface area contributed by atoms with E-state index in [4.69, 9.17) is 5.26 Å². The molecule has 3 saturated heterocycles. The molecule has 0 N–H and O–H groups in total. The Labute approximate surface area is 61.4 Å². The first-order valence-corrected chi connectivity index (χ1v) is 4.02. The van der Waals surface area contributed by atoms with Crippen molar-refractivity contribution in [3.05, 3.63) is 0 Å². The van der Waals surface area contributed by atoms with Crippen LogP contribution in [-0.4, -0.2) is 24.5 Å². The molecule has 0 spiro atoms. The summed E-state index contributed by atoms with van der Waals surface area (Å²) in [5.41, 5.74) is 0. The standard InChI is InChI=1S/C8H12N2/c9-5-8-6-10-3-1-7(8)2-4-10/h7-8H,1-4,6H2/t8-/m0/s1. The minimum absolute atomic E-state index is 0.350. The Morgan fingerprint density at radius 3 is 2.30 bits per heavy atom. The molecule has 0 amide bonds. The topological polar surface area (TPSA) is 27.0 Å². The molecule has 10 heavy (non-hydrogen) atoms. The molecule has 0 saturated carbocycles. The van der Waals surface area contributed by atoms with Crippen LogP contribution in [0.3, 0.4) is 0 Å². The van der Waals surface area contributed by atoms with Crippen molar-refractivity contribution in [3.8, 4) is 6.07 Å². The minimum Gasteiger partial charge on any atom is -0.302 e. The van der Waals surface area contributed by atoms with Gasteiger partial charge in [0.2, 0.25) is 0 Å². The second-order valence-electron chi connectivity index (χ2n) is 3.37. The van der Waals surface area contributed by atoms with Gasteiger partial charge in [-0.05, 0) is 31.8 Å². The molecule has 54 valence electrons. The summed E-state index contributed by atoms with van der Waals surface area (Å²) in [6.07, 6.45) is 2.52. The third kappa shape index (κ3) is 0.819. The molecule has 0 unspecified atom stereocenters. The van der Waals surface area contributed by atoms with Crippen molar-refractivity contribution < 1.29 is 0 Å². The summed E-state index contributed by atoms with van der Waals surface area (Å²) in [5.74, 6) is 1.08. The van der Waals surface area contributed by atoms with Crippen molar-refractivity contribution in [3.63, 3.8) is 0 Å². The Bertz CT molecular complexity index is 163. The lowest BCUT2D eigenvalue weighted by Crippen LogP contribution is -2.46. The summed E-state index contributed by atoms with van der Waals surface area (Å²) in [4.78, 5) is 2.41. The molecule has 3 aliphatic rings. The molecule has 2 nitrogen and oxygen atoms in total. The van der Waals surface area contributed by atoms with Gasteiger partial charge in [0.05, 0.1) is 12.0 Å². The summed E-state index contributed by atoms with van der Waals surface area (Å²) in [7, 11) is 0. The zero-order valence-electron chi connectivity index (χ0n) is 6.08. The third-order valence-corrected chi connectivity index (χ3v) is 2.82. The van der Waals surface area contributed by atoms with E-state index >= 15 is 0 Å². The Balaban J connectivity index is 2.09. The maximum atomic E-state index is 8.74. The van der Waals surface area contributed by atoms with Gasteiger partial charge in [0, 0.05) is 6.54 Å². The number of fused-ring (bicyclic) bond motifs is 3. The highest BCUT2D eigenvalue weighted by Gasteiger charge is 2.33. The first kappa shape index (κ1) is 6.18. The highest BCUT2D eigenvalue weighted by atomic mass is 15.1. The van der Waals surface area contributed by atoms with E-state index < -0.39 is 0 Å². The molecule has 2 bridgehead atoms. The third-order valence-electron chi connectivity index (χ3n) is 2.82. The van der Waals surface area contributed by atoms with Gasteiger partial charge in [-0.25, -0.2) is 0 Å². The summed E-state index contributed by atoms with van der Waals surface area (Å²) in [5, 5.41) is 8.74. The fraction of sp³-hybridized carbons (Fsp3) is 0.875. The monoisotopic (exact) mass is 136 g/mol. The van der Waals surface area contributed by atoms with Crippen molar-refractivity contribution >= 4 is 0 Å². The van der Waals surface area contributed by atoms with Gasteiger partial charge in [-0.15, -0.1) is 0 Å². The van der Waals surface area contributed by atoms with Crippen LogP contribution in [0.4, 0.5) is 0 Å². The van der Waals surface area contributed by atoms with Crippen LogP contribution in [0.2, 0.25) is 0 Å². The predicted octanol–water partition coefficient (Wildman–Crippen LogP) is 0.852. The molecule has 0 radical (unpaired) electrons. The average Bonchev–Trinajstić information content (AvgIpc) is 2.06. The smallest absolute Gasteiger partial charge is 0.0672 e. The molecule has 0 aliphatic carbocycles. The van der Waals surface area contributed by atoms with E-state index in [1.54, 1.807) is 0 Å². The maximum Gasteiger partial charge on any atom is 0.0672 e. The van der Waals surface area contributed by atoms with Gasteiger partial charge in [0.1, 0.15) is 0 Å². The van der Waals surface area contributed by atoms with E-state index in [1.807, 2.05) is 0 Å². The maximum absolute atomic E-state index is 8.74. The lowest BCUT2D eigenvalue weighted by Gasteiger charge is -2.41. The van der Waals surface area contributed by atoms with E-state index in [2.05, 4.69) is 11.0 Å². The van der Waals surface area contributed by atoms with E-state index in [1.165, 1.54) is 25.9 Å². The summed E-state index contributed by atoms with van der Waals surface area (Å²) in [6, 6.07) is 2.39. The molecule has 3 rings (SSSR count). The van der Waals surface area contributed by atoms with Crippen LogP contribution in [0.1, 0.15) is 12.8 Å². The molecule has 0 aromatic rings. The van der Waals surface area contributed by atoms with E-state index in [-0.39, 0.29) is 0 Å². The molecular formula is C8H12N2. The van der Waals surface area contributed by atoms with Crippen LogP contribution < -0.4 is 0 Å². The Hall–Kier alpha value is -0.550. The fourth-order valence-electron chi connectivity index (χ4n) is 2.11. The van der Waals surface area contributed by atoms with Gasteiger partial charge in [-0.2, -0.15) is 5.26 Å². The van der Waals surface area contributed by atoms with Gasteiger partial charge in [0.15, 0.2) is 0 Å². The van der Waals surface area contributed by atoms with Gasteiger partial charge in [-0.3, -0.25) is 0 Å². The largest absolute Gasteiger partial charge is 0.302 e. The lowest BCUT2D eigenvalue weighted by atomic mass is 9.80. The van der Waals surface area contributed by atoms with Gasteiger partial charge in [0.25, 0.3) is 0 Å².